The van der Waals surface area contributed by atoms with Crippen molar-refractivity contribution in [1.29, 1.82) is 0 Å². The van der Waals surface area contributed by atoms with Crippen LogP contribution in [-0.4, -0.2) is 12.3 Å². The first kappa shape index (κ1) is 13.6. The van der Waals surface area contributed by atoms with E-state index in [1.54, 1.807) is 0 Å². The van der Waals surface area contributed by atoms with Crippen molar-refractivity contribution in [2.45, 2.75) is 13.8 Å². The summed E-state index contributed by atoms with van der Waals surface area (Å²) in [4.78, 5) is 0. The van der Waals surface area contributed by atoms with E-state index in [-0.39, 0.29) is 0 Å². The van der Waals surface area contributed by atoms with Gasteiger partial charge < -0.3 is 0 Å². The Morgan fingerprint density at radius 1 is 0.722 bits per heavy atom. The molecule has 0 spiro atoms. The summed E-state index contributed by atoms with van der Waals surface area (Å²) < 4.78 is 0. The Bertz CT molecular complexity index is 460. The zero-order valence-electron chi connectivity index (χ0n) is 11.0. The van der Waals surface area contributed by atoms with E-state index < -0.39 is 5.96 Å². The fourth-order valence-corrected chi connectivity index (χ4v) is 7.24. The second kappa shape index (κ2) is 5.03. The third kappa shape index (κ3) is 1.98. The number of benzene rings is 2. The molecule has 0 aromatic heterocycles. The minimum atomic E-state index is -2.51. The first-order chi connectivity index (χ1) is 8.64. The van der Waals surface area contributed by atoms with E-state index in [0.717, 1.165) is 12.3 Å². The van der Waals surface area contributed by atoms with Crippen molar-refractivity contribution in [3.63, 3.8) is 0 Å². The molecule has 0 aliphatic carbocycles. The average Bonchev–Trinajstić information content (AvgIpc) is 2.48. The third-order valence-electron chi connectivity index (χ3n) is 4.01. The average molecular weight is 279 g/mol. The molecule has 0 aliphatic heterocycles. The van der Waals surface area contributed by atoms with Crippen LogP contribution in [0.4, 0.5) is 0 Å². The Balaban J connectivity index is 2.71. The van der Waals surface area contributed by atoms with Gasteiger partial charge in [0.2, 0.25) is 0 Å². The fourth-order valence-electron chi connectivity index (χ4n) is 2.64. The standard InChI is InChI=1S/C16H20ClP/c1-3-18(17,4-2,15-11-7-5-8-12-15)16-13-9-6-10-14-16/h5-14H,3-4H2,1-2H3. The summed E-state index contributed by atoms with van der Waals surface area (Å²) in [5, 5.41) is 2.61. The molecule has 18 heavy (non-hydrogen) atoms. The topological polar surface area (TPSA) is 0 Å². The van der Waals surface area contributed by atoms with E-state index in [1.807, 2.05) is 0 Å². The van der Waals surface area contributed by atoms with Gasteiger partial charge in [0.25, 0.3) is 0 Å². The van der Waals surface area contributed by atoms with Crippen LogP contribution in [0.15, 0.2) is 60.7 Å². The Kier molecular flexibility index (Phi) is 3.80. The van der Waals surface area contributed by atoms with E-state index in [4.69, 9.17) is 11.2 Å². The third-order valence-corrected chi connectivity index (χ3v) is 12.2. The van der Waals surface area contributed by atoms with E-state index in [2.05, 4.69) is 74.5 Å². The van der Waals surface area contributed by atoms with Gasteiger partial charge in [0.15, 0.2) is 0 Å². The molecule has 0 N–H and O–H groups in total. The van der Waals surface area contributed by atoms with Crippen molar-refractivity contribution < 1.29 is 0 Å². The molecule has 0 radical (unpaired) electrons. The van der Waals surface area contributed by atoms with Gasteiger partial charge in [-0.15, -0.1) is 0 Å². The molecule has 0 saturated heterocycles. The molecule has 96 valence electrons. The van der Waals surface area contributed by atoms with Crippen molar-refractivity contribution in [1.82, 2.24) is 0 Å². The quantitative estimate of drug-likeness (QED) is 0.728. The summed E-state index contributed by atoms with van der Waals surface area (Å²) in [6.07, 6.45) is 2.00. The Morgan fingerprint density at radius 2 is 1.06 bits per heavy atom. The van der Waals surface area contributed by atoms with Crippen LogP contribution in [0, 0.1) is 0 Å². The zero-order valence-corrected chi connectivity index (χ0v) is 12.7. The predicted molar refractivity (Wildman–Crippen MR) is 86.0 cm³/mol. The van der Waals surface area contributed by atoms with Gasteiger partial charge in [-0.05, 0) is 0 Å². The second-order valence-electron chi connectivity index (χ2n) is 4.68. The van der Waals surface area contributed by atoms with Gasteiger partial charge in [0.1, 0.15) is 0 Å². The van der Waals surface area contributed by atoms with E-state index >= 15 is 0 Å². The van der Waals surface area contributed by atoms with Crippen LogP contribution in [0.3, 0.4) is 0 Å². The van der Waals surface area contributed by atoms with Crippen LogP contribution in [0.2, 0.25) is 0 Å². The van der Waals surface area contributed by atoms with Gasteiger partial charge in [-0.3, -0.25) is 0 Å². The van der Waals surface area contributed by atoms with Crippen molar-refractivity contribution in [3.8, 4) is 0 Å². The first-order valence-electron chi connectivity index (χ1n) is 6.48. The Hall–Kier alpha value is -0.840. The molecule has 0 unspecified atom stereocenters. The summed E-state index contributed by atoms with van der Waals surface area (Å²) in [5.41, 5.74) is 0. The maximum atomic E-state index is 7.35. The molecule has 2 rings (SSSR count). The summed E-state index contributed by atoms with van der Waals surface area (Å²) in [6, 6.07) is 21.2. The predicted octanol–water partition coefficient (Wildman–Crippen LogP) is 4.38. The summed E-state index contributed by atoms with van der Waals surface area (Å²) in [6.45, 7) is 4.43. The van der Waals surface area contributed by atoms with Gasteiger partial charge in [0, 0.05) is 0 Å². The van der Waals surface area contributed by atoms with Gasteiger partial charge in [0.05, 0.1) is 0 Å². The van der Waals surface area contributed by atoms with E-state index in [9.17, 15) is 0 Å². The van der Waals surface area contributed by atoms with E-state index in [0.29, 0.717) is 0 Å². The van der Waals surface area contributed by atoms with Crippen LogP contribution in [0.25, 0.3) is 0 Å². The van der Waals surface area contributed by atoms with Gasteiger partial charge in [-0.25, -0.2) is 0 Å². The van der Waals surface area contributed by atoms with E-state index in [1.165, 1.54) is 10.6 Å². The molecule has 0 atom stereocenters. The van der Waals surface area contributed by atoms with Gasteiger partial charge in [-0.2, -0.15) is 0 Å². The number of hydrogen-bond donors (Lipinski definition) is 0. The van der Waals surface area contributed by atoms with Crippen molar-refractivity contribution in [2.75, 3.05) is 12.3 Å². The van der Waals surface area contributed by atoms with Gasteiger partial charge in [-0.1, -0.05) is 0 Å². The van der Waals surface area contributed by atoms with Crippen molar-refractivity contribution in [2.24, 2.45) is 0 Å². The van der Waals surface area contributed by atoms with Crippen LogP contribution in [0.5, 0.6) is 0 Å². The van der Waals surface area contributed by atoms with Crippen LogP contribution >= 0.6 is 17.2 Å². The SMILES string of the molecule is CCP(Cl)(CC)(c1ccccc1)c1ccccc1. The molecule has 2 aromatic carbocycles. The Labute approximate surface area is 115 Å². The molecule has 0 amide bonds. The molecule has 0 fully saturated rings. The maximum absolute atomic E-state index is 7.35. The molecule has 0 heterocycles. The van der Waals surface area contributed by atoms with Crippen molar-refractivity contribution >= 4 is 27.8 Å². The normalized spacial score (nSPS) is 13.8. The molecule has 2 aromatic rings. The number of halogens is 1. The minimum absolute atomic E-state index is 0.998. The summed E-state index contributed by atoms with van der Waals surface area (Å²) in [5.74, 6) is -2.51. The molecule has 0 saturated carbocycles. The fraction of sp³-hybridized carbons (Fsp3) is 0.250. The first-order valence-corrected chi connectivity index (χ1v) is 10.00. The Morgan fingerprint density at radius 3 is 1.33 bits per heavy atom. The number of hydrogen-bond acceptors (Lipinski definition) is 0. The molecular weight excluding hydrogens is 259 g/mol. The van der Waals surface area contributed by atoms with Gasteiger partial charge >= 0.3 is 115 Å². The zero-order chi connectivity index (χ0) is 13.1. The summed E-state index contributed by atoms with van der Waals surface area (Å²) in [7, 11) is 0. The van der Waals surface area contributed by atoms with Crippen LogP contribution in [0.1, 0.15) is 13.8 Å². The number of rotatable bonds is 4. The molecule has 0 nitrogen and oxygen atoms in total. The van der Waals surface area contributed by atoms with Crippen LogP contribution < -0.4 is 10.6 Å². The monoisotopic (exact) mass is 278 g/mol. The second-order valence-corrected chi connectivity index (χ2v) is 12.2. The summed E-state index contributed by atoms with van der Waals surface area (Å²) >= 11 is 7.35. The van der Waals surface area contributed by atoms with Crippen LogP contribution in [-0.2, 0) is 0 Å². The molecule has 0 aliphatic rings. The van der Waals surface area contributed by atoms with Crippen molar-refractivity contribution in [3.05, 3.63) is 60.7 Å². The molecule has 0 bridgehead atoms. The molecule has 2 heteroatoms. The molecular formula is C16H20ClP.